The molecular weight excluding hydrogens is 186 g/mol. The third kappa shape index (κ3) is 2.71. The van der Waals surface area contributed by atoms with Crippen LogP contribution in [0, 0.1) is 0 Å². The molecule has 0 atom stereocenters. The molecular formula is C13H19NO. The van der Waals surface area contributed by atoms with Crippen molar-refractivity contribution in [1.82, 2.24) is 4.98 Å². The van der Waals surface area contributed by atoms with Gasteiger partial charge in [0, 0.05) is 12.3 Å². The maximum absolute atomic E-state index is 5.34. The summed E-state index contributed by atoms with van der Waals surface area (Å²) >= 11 is 0. The van der Waals surface area contributed by atoms with E-state index in [0.29, 0.717) is 6.61 Å². The van der Waals surface area contributed by atoms with Crippen molar-refractivity contribution in [2.75, 3.05) is 6.61 Å². The van der Waals surface area contributed by atoms with Crippen molar-refractivity contribution in [3.63, 3.8) is 0 Å². The minimum Gasteiger partial charge on any atom is -0.478 e. The lowest BCUT2D eigenvalue weighted by Gasteiger charge is -2.21. The zero-order chi connectivity index (χ0) is 10.5. The number of nitrogens with zero attached hydrogens (tertiary/aromatic N) is 1. The fourth-order valence-corrected chi connectivity index (χ4v) is 2.30. The minimum atomic E-state index is 0.690. The number of ether oxygens (including phenoxy) is 1. The smallest absolute Gasteiger partial charge is 0.213 e. The maximum atomic E-state index is 5.34. The summed E-state index contributed by atoms with van der Waals surface area (Å²) in [6, 6.07) is 4.17. The van der Waals surface area contributed by atoms with E-state index in [-0.39, 0.29) is 0 Å². The van der Waals surface area contributed by atoms with Crippen molar-refractivity contribution in [1.29, 1.82) is 0 Å². The van der Waals surface area contributed by atoms with Crippen LogP contribution in [0.1, 0.15) is 50.5 Å². The largest absolute Gasteiger partial charge is 0.478 e. The second-order valence-electron chi connectivity index (χ2n) is 4.20. The predicted octanol–water partition coefficient (Wildman–Crippen LogP) is 3.53. The van der Waals surface area contributed by atoms with Gasteiger partial charge < -0.3 is 4.74 Å². The molecule has 2 rings (SSSR count). The summed E-state index contributed by atoms with van der Waals surface area (Å²) in [5.74, 6) is 1.49. The molecule has 1 aromatic heterocycles. The van der Waals surface area contributed by atoms with Crippen LogP contribution in [0.5, 0.6) is 5.88 Å². The van der Waals surface area contributed by atoms with Crippen LogP contribution in [0.2, 0.25) is 0 Å². The van der Waals surface area contributed by atoms with Crippen molar-refractivity contribution in [2.45, 2.75) is 44.9 Å². The molecule has 0 amide bonds. The van der Waals surface area contributed by atoms with Gasteiger partial charge in [-0.15, -0.1) is 0 Å². The van der Waals surface area contributed by atoms with Crippen LogP contribution >= 0.6 is 0 Å². The molecule has 1 fully saturated rings. The topological polar surface area (TPSA) is 22.1 Å². The molecule has 2 nitrogen and oxygen atoms in total. The van der Waals surface area contributed by atoms with Crippen LogP contribution < -0.4 is 4.74 Å². The van der Waals surface area contributed by atoms with Gasteiger partial charge in [0.1, 0.15) is 0 Å². The molecule has 1 aliphatic carbocycles. The van der Waals surface area contributed by atoms with E-state index in [1.54, 1.807) is 0 Å². The minimum absolute atomic E-state index is 0.690. The van der Waals surface area contributed by atoms with Gasteiger partial charge in [-0.2, -0.15) is 0 Å². The lowest BCUT2D eigenvalue weighted by Crippen LogP contribution is -2.05. The van der Waals surface area contributed by atoms with Crippen LogP contribution in [-0.2, 0) is 0 Å². The zero-order valence-corrected chi connectivity index (χ0v) is 9.41. The first-order chi connectivity index (χ1) is 7.40. The van der Waals surface area contributed by atoms with Gasteiger partial charge in [-0.25, -0.2) is 4.98 Å². The highest BCUT2D eigenvalue weighted by atomic mass is 16.5. The Labute approximate surface area is 91.7 Å². The lowest BCUT2D eigenvalue weighted by molar-refractivity contribution is 0.326. The van der Waals surface area contributed by atoms with E-state index in [1.165, 1.54) is 37.7 Å². The molecule has 0 bridgehead atoms. The molecule has 1 saturated carbocycles. The third-order valence-electron chi connectivity index (χ3n) is 3.13. The van der Waals surface area contributed by atoms with Crippen molar-refractivity contribution < 1.29 is 4.74 Å². The number of hydrogen-bond acceptors (Lipinski definition) is 2. The van der Waals surface area contributed by atoms with E-state index in [0.717, 1.165) is 11.8 Å². The predicted molar refractivity (Wildman–Crippen MR) is 61.2 cm³/mol. The van der Waals surface area contributed by atoms with Crippen LogP contribution in [0.25, 0.3) is 0 Å². The highest BCUT2D eigenvalue weighted by Crippen LogP contribution is 2.32. The summed E-state index contributed by atoms with van der Waals surface area (Å²) in [5, 5.41) is 0. The second-order valence-corrected chi connectivity index (χ2v) is 4.20. The number of rotatable bonds is 3. The van der Waals surface area contributed by atoms with E-state index in [9.17, 15) is 0 Å². The van der Waals surface area contributed by atoms with Crippen molar-refractivity contribution in [3.05, 3.63) is 23.9 Å². The lowest BCUT2D eigenvalue weighted by atomic mass is 9.85. The molecule has 0 saturated heterocycles. The normalized spacial score (nSPS) is 17.7. The molecule has 1 aromatic rings. The highest BCUT2D eigenvalue weighted by molar-refractivity contribution is 5.21. The Morgan fingerprint density at radius 2 is 2.07 bits per heavy atom. The molecule has 0 aromatic carbocycles. The Hall–Kier alpha value is -1.05. The molecule has 0 unspecified atom stereocenters. The Morgan fingerprint density at radius 3 is 2.67 bits per heavy atom. The maximum Gasteiger partial charge on any atom is 0.213 e. The zero-order valence-electron chi connectivity index (χ0n) is 9.41. The fourth-order valence-electron chi connectivity index (χ4n) is 2.30. The Morgan fingerprint density at radius 1 is 1.27 bits per heavy atom. The molecule has 1 heterocycles. The van der Waals surface area contributed by atoms with Gasteiger partial charge in [0.2, 0.25) is 5.88 Å². The molecule has 2 heteroatoms. The monoisotopic (exact) mass is 205 g/mol. The number of hydrogen-bond donors (Lipinski definition) is 0. The van der Waals surface area contributed by atoms with Gasteiger partial charge in [-0.3, -0.25) is 0 Å². The fraction of sp³-hybridized carbons (Fsp3) is 0.615. The summed E-state index contributed by atoms with van der Waals surface area (Å²) < 4.78 is 5.34. The van der Waals surface area contributed by atoms with Crippen molar-refractivity contribution in [2.24, 2.45) is 0 Å². The SMILES string of the molecule is CCOc1ccc(C2CCCCC2)cn1. The average molecular weight is 205 g/mol. The standard InChI is InChI=1S/C13H19NO/c1-2-15-13-9-8-12(10-14-13)11-6-4-3-5-7-11/h8-11H,2-7H2,1H3. The average Bonchev–Trinajstić information content (AvgIpc) is 2.32. The van der Waals surface area contributed by atoms with Crippen LogP contribution in [0.3, 0.4) is 0 Å². The van der Waals surface area contributed by atoms with E-state index in [2.05, 4.69) is 11.1 Å². The van der Waals surface area contributed by atoms with Gasteiger partial charge in [0.15, 0.2) is 0 Å². The molecule has 82 valence electrons. The molecule has 1 aliphatic rings. The third-order valence-corrected chi connectivity index (χ3v) is 3.13. The first-order valence-corrected chi connectivity index (χ1v) is 5.99. The van der Waals surface area contributed by atoms with Gasteiger partial charge in [0.25, 0.3) is 0 Å². The summed E-state index contributed by atoms with van der Waals surface area (Å²) in [6.45, 7) is 2.67. The van der Waals surface area contributed by atoms with Crippen molar-refractivity contribution in [3.8, 4) is 5.88 Å². The first-order valence-electron chi connectivity index (χ1n) is 5.99. The molecule has 0 spiro atoms. The van der Waals surface area contributed by atoms with Crippen LogP contribution in [0.4, 0.5) is 0 Å². The van der Waals surface area contributed by atoms with Crippen LogP contribution in [0.15, 0.2) is 18.3 Å². The van der Waals surface area contributed by atoms with E-state index in [1.807, 2.05) is 19.2 Å². The van der Waals surface area contributed by atoms with Crippen molar-refractivity contribution >= 4 is 0 Å². The first kappa shape index (κ1) is 10.5. The molecule has 15 heavy (non-hydrogen) atoms. The number of aromatic nitrogens is 1. The van der Waals surface area contributed by atoms with E-state index < -0.39 is 0 Å². The van der Waals surface area contributed by atoms with E-state index >= 15 is 0 Å². The highest BCUT2D eigenvalue weighted by Gasteiger charge is 2.15. The van der Waals surface area contributed by atoms with Gasteiger partial charge >= 0.3 is 0 Å². The summed E-state index contributed by atoms with van der Waals surface area (Å²) in [6.07, 6.45) is 8.79. The van der Waals surface area contributed by atoms with Gasteiger partial charge in [0.05, 0.1) is 6.61 Å². The molecule has 0 radical (unpaired) electrons. The molecule has 0 N–H and O–H groups in total. The molecule has 0 aliphatic heterocycles. The summed E-state index contributed by atoms with van der Waals surface area (Å²) in [4.78, 5) is 4.32. The Balaban J connectivity index is 2.02. The summed E-state index contributed by atoms with van der Waals surface area (Å²) in [7, 11) is 0. The van der Waals surface area contributed by atoms with Crippen LogP contribution in [-0.4, -0.2) is 11.6 Å². The Bertz CT molecular complexity index is 288. The summed E-state index contributed by atoms with van der Waals surface area (Å²) in [5.41, 5.74) is 1.39. The Kier molecular flexibility index (Phi) is 3.59. The van der Waals surface area contributed by atoms with Gasteiger partial charge in [-0.1, -0.05) is 25.3 Å². The second kappa shape index (κ2) is 5.15. The van der Waals surface area contributed by atoms with E-state index in [4.69, 9.17) is 4.74 Å². The van der Waals surface area contributed by atoms with Gasteiger partial charge in [-0.05, 0) is 31.2 Å². The quantitative estimate of drug-likeness (QED) is 0.753. The number of pyridine rings is 1.